The van der Waals surface area contributed by atoms with Crippen LogP contribution in [0.25, 0.3) is 0 Å². The number of amides is 1. The Labute approximate surface area is 155 Å². The fraction of sp³-hybridized carbons (Fsp3) is 0.684. The summed E-state index contributed by atoms with van der Waals surface area (Å²) in [5.74, 6) is 0.324. The minimum atomic E-state index is 0.324. The molecule has 0 atom stereocenters. The van der Waals surface area contributed by atoms with E-state index < -0.39 is 0 Å². The van der Waals surface area contributed by atoms with Crippen molar-refractivity contribution in [2.75, 3.05) is 45.8 Å². The molecule has 0 spiro atoms. The van der Waals surface area contributed by atoms with Crippen LogP contribution in [0.15, 0.2) is 18.3 Å². The number of hydrogen-bond donors (Lipinski definition) is 0. The summed E-state index contributed by atoms with van der Waals surface area (Å²) in [6.07, 6.45) is 7.53. The van der Waals surface area contributed by atoms with E-state index in [-0.39, 0.29) is 0 Å². The average Bonchev–Trinajstić information content (AvgIpc) is 2.65. The van der Waals surface area contributed by atoms with Crippen molar-refractivity contribution in [3.63, 3.8) is 0 Å². The molecule has 3 heterocycles. The van der Waals surface area contributed by atoms with E-state index >= 15 is 0 Å². The molecule has 3 rings (SSSR count). The molecule has 5 nitrogen and oxygen atoms in total. The number of piperazine rings is 1. The Hall–Kier alpha value is -1.17. The lowest BCUT2D eigenvalue weighted by Crippen LogP contribution is -2.48. The van der Waals surface area contributed by atoms with Gasteiger partial charge in [0.25, 0.3) is 0 Å². The Morgan fingerprint density at radius 2 is 1.76 bits per heavy atom. The Bertz CT molecular complexity index is 537. The number of carbonyl (C=O) groups excluding carboxylic acids is 1. The molecule has 0 saturated carbocycles. The van der Waals surface area contributed by atoms with Gasteiger partial charge in [-0.1, -0.05) is 24.1 Å². The topological polar surface area (TPSA) is 39.7 Å². The number of rotatable bonds is 6. The third-order valence-electron chi connectivity index (χ3n) is 5.23. The van der Waals surface area contributed by atoms with E-state index in [1.54, 1.807) is 0 Å². The van der Waals surface area contributed by atoms with Crippen molar-refractivity contribution in [2.45, 2.75) is 38.6 Å². The lowest BCUT2D eigenvalue weighted by atomic mass is 10.1. The van der Waals surface area contributed by atoms with Crippen molar-refractivity contribution in [1.82, 2.24) is 19.7 Å². The third-order valence-corrected chi connectivity index (χ3v) is 5.46. The van der Waals surface area contributed by atoms with Crippen molar-refractivity contribution in [2.24, 2.45) is 0 Å². The monoisotopic (exact) mass is 364 g/mol. The normalized spacial score (nSPS) is 20.0. The highest BCUT2D eigenvalue weighted by Gasteiger charge is 2.21. The van der Waals surface area contributed by atoms with Gasteiger partial charge < -0.3 is 9.80 Å². The minimum absolute atomic E-state index is 0.324. The smallest absolute Gasteiger partial charge is 0.222 e. The molecular weight excluding hydrogens is 336 g/mol. The van der Waals surface area contributed by atoms with Gasteiger partial charge in [0.1, 0.15) is 5.15 Å². The Kier molecular flexibility index (Phi) is 7.08. The second-order valence-electron chi connectivity index (χ2n) is 7.15. The Balaban J connectivity index is 1.33. The van der Waals surface area contributed by atoms with Gasteiger partial charge in [-0.15, -0.1) is 0 Å². The molecule has 2 aliphatic heterocycles. The van der Waals surface area contributed by atoms with Crippen molar-refractivity contribution in [3.05, 3.63) is 29.0 Å². The molecule has 6 heteroatoms. The summed E-state index contributed by atoms with van der Waals surface area (Å²) in [4.78, 5) is 23.5. The number of hydrogen-bond acceptors (Lipinski definition) is 4. The maximum Gasteiger partial charge on any atom is 0.222 e. The Morgan fingerprint density at radius 1 is 1.00 bits per heavy atom. The molecular formula is C19H29ClN4O. The third kappa shape index (κ3) is 5.94. The maximum absolute atomic E-state index is 12.4. The van der Waals surface area contributed by atoms with Gasteiger partial charge in [0, 0.05) is 45.3 Å². The standard InChI is InChI=1S/C19H29ClN4O/c20-18-7-6-17(15-21-18)16-23-11-13-24(14-12-23)19(25)5-4-10-22-8-2-1-3-9-22/h6-7,15H,1-5,8-14,16H2. The fourth-order valence-corrected chi connectivity index (χ4v) is 3.82. The second kappa shape index (κ2) is 9.51. The molecule has 2 saturated heterocycles. The summed E-state index contributed by atoms with van der Waals surface area (Å²) in [5.41, 5.74) is 1.17. The Morgan fingerprint density at radius 3 is 2.44 bits per heavy atom. The summed E-state index contributed by atoms with van der Waals surface area (Å²) in [5, 5.41) is 0.531. The highest BCUT2D eigenvalue weighted by molar-refractivity contribution is 6.29. The lowest BCUT2D eigenvalue weighted by molar-refractivity contribution is -0.133. The van der Waals surface area contributed by atoms with Crippen molar-refractivity contribution in [1.29, 1.82) is 0 Å². The first-order valence-corrected chi connectivity index (χ1v) is 9.91. The van der Waals surface area contributed by atoms with Crippen LogP contribution in [0.4, 0.5) is 0 Å². The summed E-state index contributed by atoms with van der Waals surface area (Å²) in [7, 11) is 0. The summed E-state index contributed by atoms with van der Waals surface area (Å²) < 4.78 is 0. The average molecular weight is 365 g/mol. The number of likely N-dealkylation sites (tertiary alicyclic amines) is 1. The quantitative estimate of drug-likeness (QED) is 0.727. The molecule has 2 fully saturated rings. The van der Waals surface area contributed by atoms with Gasteiger partial charge in [0.05, 0.1) is 0 Å². The number of piperidine rings is 1. The number of halogens is 1. The van der Waals surface area contributed by atoms with Crippen LogP contribution in [-0.4, -0.2) is 71.4 Å². The van der Waals surface area contributed by atoms with Crippen LogP contribution >= 0.6 is 11.6 Å². The van der Waals surface area contributed by atoms with Gasteiger partial charge >= 0.3 is 0 Å². The zero-order valence-corrected chi connectivity index (χ0v) is 15.8. The van der Waals surface area contributed by atoms with E-state index in [0.29, 0.717) is 17.5 Å². The molecule has 2 aliphatic rings. The van der Waals surface area contributed by atoms with Crippen molar-refractivity contribution >= 4 is 17.5 Å². The number of nitrogens with zero attached hydrogens (tertiary/aromatic N) is 4. The summed E-state index contributed by atoms with van der Waals surface area (Å²) in [6.45, 7) is 7.92. The molecule has 0 unspecified atom stereocenters. The van der Waals surface area contributed by atoms with E-state index in [9.17, 15) is 4.79 Å². The van der Waals surface area contributed by atoms with Gasteiger partial charge in [0.15, 0.2) is 0 Å². The van der Waals surface area contributed by atoms with Gasteiger partial charge in [-0.25, -0.2) is 4.98 Å². The van der Waals surface area contributed by atoms with Gasteiger partial charge in [-0.2, -0.15) is 0 Å². The number of carbonyl (C=O) groups is 1. The molecule has 0 aromatic carbocycles. The minimum Gasteiger partial charge on any atom is -0.340 e. The van der Waals surface area contributed by atoms with E-state index in [1.165, 1.54) is 37.9 Å². The number of aromatic nitrogens is 1. The van der Waals surface area contributed by atoms with Crippen LogP contribution in [0.3, 0.4) is 0 Å². The second-order valence-corrected chi connectivity index (χ2v) is 7.54. The molecule has 0 bridgehead atoms. The summed E-state index contributed by atoms with van der Waals surface area (Å²) >= 11 is 5.83. The predicted molar refractivity (Wildman–Crippen MR) is 101 cm³/mol. The van der Waals surface area contributed by atoms with Crippen LogP contribution in [0.1, 0.15) is 37.7 Å². The highest BCUT2D eigenvalue weighted by atomic mass is 35.5. The number of pyridine rings is 1. The van der Waals surface area contributed by atoms with Gasteiger partial charge in [-0.3, -0.25) is 9.69 Å². The zero-order valence-electron chi connectivity index (χ0n) is 15.0. The first kappa shape index (κ1) is 18.6. The fourth-order valence-electron chi connectivity index (χ4n) is 3.71. The molecule has 0 N–H and O–H groups in total. The molecule has 0 aliphatic carbocycles. The summed E-state index contributed by atoms with van der Waals surface area (Å²) in [6, 6.07) is 3.85. The van der Waals surface area contributed by atoms with Crippen LogP contribution in [0, 0.1) is 0 Å². The van der Waals surface area contributed by atoms with Crippen LogP contribution in [-0.2, 0) is 11.3 Å². The van der Waals surface area contributed by atoms with E-state index in [4.69, 9.17) is 11.6 Å². The first-order valence-electron chi connectivity index (χ1n) is 9.53. The van der Waals surface area contributed by atoms with Gasteiger partial charge in [-0.05, 0) is 50.5 Å². The van der Waals surface area contributed by atoms with E-state index in [0.717, 1.165) is 45.7 Å². The van der Waals surface area contributed by atoms with Crippen molar-refractivity contribution in [3.8, 4) is 0 Å². The molecule has 138 valence electrons. The zero-order chi connectivity index (χ0) is 17.5. The molecule has 0 radical (unpaired) electrons. The largest absolute Gasteiger partial charge is 0.340 e. The lowest BCUT2D eigenvalue weighted by Gasteiger charge is -2.35. The molecule has 1 aromatic rings. The van der Waals surface area contributed by atoms with Crippen LogP contribution < -0.4 is 0 Å². The van der Waals surface area contributed by atoms with Crippen LogP contribution in [0.5, 0.6) is 0 Å². The molecule has 25 heavy (non-hydrogen) atoms. The maximum atomic E-state index is 12.4. The van der Waals surface area contributed by atoms with E-state index in [1.807, 2.05) is 23.2 Å². The van der Waals surface area contributed by atoms with Gasteiger partial charge in [0.2, 0.25) is 5.91 Å². The SMILES string of the molecule is O=C(CCCN1CCCCC1)N1CCN(Cc2ccc(Cl)nc2)CC1. The van der Waals surface area contributed by atoms with Crippen LogP contribution in [0.2, 0.25) is 5.15 Å². The van der Waals surface area contributed by atoms with E-state index in [2.05, 4.69) is 14.8 Å². The predicted octanol–water partition coefficient (Wildman–Crippen LogP) is 2.65. The molecule has 1 aromatic heterocycles. The first-order chi connectivity index (χ1) is 12.2. The highest BCUT2D eigenvalue weighted by Crippen LogP contribution is 2.13. The van der Waals surface area contributed by atoms with Crippen molar-refractivity contribution < 1.29 is 4.79 Å². The molecule has 1 amide bonds.